The van der Waals surface area contributed by atoms with Gasteiger partial charge in [-0.25, -0.2) is 9.59 Å². The van der Waals surface area contributed by atoms with E-state index in [1.165, 1.54) is 0 Å². The second kappa shape index (κ2) is 7.96. The van der Waals surface area contributed by atoms with E-state index in [4.69, 9.17) is 9.84 Å². The summed E-state index contributed by atoms with van der Waals surface area (Å²) in [5, 5.41) is 14.2. The molecule has 7 heteroatoms. The lowest BCUT2D eigenvalue weighted by Gasteiger charge is -2.15. The number of carbonyl (C=O) groups excluding carboxylic acids is 1. The monoisotopic (exact) mass is 273 g/mol. The molecule has 1 aliphatic heterocycles. The number of likely N-dealkylation sites (N-methyl/N-ethyl adjacent to an activating group) is 1. The van der Waals surface area contributed by atoms with Gasteiger partial charge < -0.3 is 25.4 Å². The lowest BCUT2D eigenvalue weighted by molar-refractivity contribution is -0.149. The van der Waals surface area contributed by atoms with Gasteiger partial charge in [0.2, 0.25) is 0 Å². The van der Waals surface area contributed by atoms with Gasteiger partial charge in [0.1, 0.15) is 0 Å². The molecule has 1 fully saturated rings. The zero-order valence-corrected chi connectivity index (χ0v) is 11.5. The maximum absolute atomic E-state index is 11.5. The molecule has 0 aliphatic carbocycles. The maximum atomic E-state index is 11.5. The Labute approximate surface area is 113 Å². The van der Waals surface area contributed by atoms with Gasteiger partial charge in [0, 0.05) is 19.6 Å². The first-order chi connectivity index (χ1) is 9.02. The summed E-state index contributed by atoms with van der Waals surface area (Å²) in [6.07, 6.45) is 0.235. The molecule has 110 valence electrons. The van der Waals surface area contributed by atoms with E-state index in [0.29, 0.717) is 25.9 Å². The second-order valence-corrected chi connectivity index (χ2v) is 4.70. The van der Waals surface area contributed by atoms with Gasteiger partial charge in [-0.15, -0.1) is 0 Å². The van der Waals surface area contributed by atoms with E-state index in [1.807, 2.05) is 7.05 Å². The topological polar surface area (TPSA) is 90.9 Å². The van der Waals surface area contributed by atoms with E-state index < -0.39 is 12.1 Å². The van der Waals surface area contributed by atoms with E-state index in [2.05, 4.69) is 22.5 Å². The van der Waals surface area contributed by atoms with Crippen LogP contribution in [0.3, 0.4) is 0 Å². The predicted octanol–water partition coefficient (Wildman–Crippen LogP) is -0.130. The van der Waals surface area contributed by atoms with Gasteiger partial charge in [0.25, 0.3) is 0 Å². The highest BCUT2D eigenvalue weighted by molar-refractivity contribution is 5.74. The molecule has 3 N–H and O–H groups in total. The van der Waals surface area contributed by atoms with Gasteiger partial charge in [-0.05, 0) is 26.4 Å². The lowest BCUT2D eigenvalue weighted by Crippen LogP contribution is -2.42. The van der Waals surface area contributed by atoms with Crippen molar-refractivity contribution in [2.45, 2.75) is 32.0 Å². The first-order valence-corrected chi connectivity index (χ1v) is 6.61. The van der Waals surface area contributed by atoms with Crippen LogP contribution in [0.1, 0.15) is 19.8 Å². The number of carbonyl (C=O) groups is 2. The average Bonchev–Trinajstić information content (AvgIpc) is 2.85. The van der Waals surface area contributed by atoms with E-state index in [9.17, 15) is 9.59 Å². The SMILES string of the molecule is CCN(C)CCNC(=O)NCC1CCC(C(=O)O)O1. The number of urea groups is 1. The molecule has 0 spiro atoms. The number of carboxylic acids is 1. The molecule has 1 rings (SSSR count). The van der Waals surface area contributed by atoms with Crippen molar-refractivity contribution in [3.63, 3.8) is 0 Å². The molecule has 0 saturated carbocycles. The molecule has 0 aromatic rings. The summed E-state index contributed by atoms with van der Waals surface area (Å²) in [7, 11) is 1.98. The van der Waals surface area contributed by atoms with Crippen LogP contribution < -0.4 is 10.6 Å². The number of hydrogen-bond acceptors (Lipinski definition) is 4. The highest BCUT2D eigenvalue weighted by Crippen LogP contribution is 2.18. The van der Waals surface area contributed by atoms with Gasteiger partial charge >= 0.3 is 12.0 Å². The molecule has 1 saturated heterocycles. The maximum Gasteiger partial charge on any atom is 0.332 e. The fraction of sp³-hybridized carbons (Fsp3) is 0.833. The van der Waals surface area contributed by atoms with Gasteiger partial charge in [0.15, 0.2) is 6.10 Å². The summed E-state index contributed by atoms with van der Waals surface area (Å²) in [4.78, 5) is 24.3. The molecular weight excluding hydrogens is 250 g/mol. The number of nitrogens with zero attached hydrogens (tertiary/aromatic N) is 1. The lowest BCUT2D eigenvalue weighted by atomic mass is 10.2. The predicted molar refractivity (Wildman–Crippen MR) is 70.1 cm³/mol. The summed E-state index contributed by atoms with van der Waals surface area (Å²) < 4.78 is 5.28. The van der Waals surface area contributed by atoms with E-state index in [0.717, 1.165) is 13.1 Å². The minimum absolute atomic E-state index is 0.204. The molecule has 7 nitrogen and oxygen atoms in total. The number of aliphatic carboxylic acids is 1. The van der Waals surface area contributed by atoms with Gasteiger partial charge in [0.05, 0.1) is 6.10 Å². The van der Waals surface area contributed by atoms with Crippen molar-refractivity contribution >= 4 is 12.0 Å². The quantitative estimate of drug-likeness (QED) is 0.601. The number of rotatable bonds is 7. The van der Waals surface area contributed by atoms with Crippen LogP contribution in [-0.2, 0) is 9.53 Å². The molecule has 2 atom stereocenters. The van der Waals surface area contributed by atoms with Crippen molar-refractivity contribution in [2.75, 3.05) is 33.2 Å². The van der Waals surface area contributed by atoms with Crippen LogP contribution in [0.15, 0.2) is 0 Å². The van der Waals surface area contributed by atoms with Crippen LogP contribution in [0.2, 0.25) is 0 Å². The Hall–Kier alpha value is -1.34. The van der Waals surface area contributed by atoms with Crippen molar-refractivity contribution < 1.29 is 19.4 Å². The summed E-state index contributed by atoms with van der Waals surface area (Å²) in [6.45, 7) is 4.72. The van der Waals surface area contributed by atoms with Gasteiger partial charge in [-0.3, -0.25) is 0 Å². The zero-order chi connectivity index (χ0) is 14.3. The third-order valence-electron chi connectivity index (χ3n) is 3.19. The van der Waals surface area contributed by atoms with Crippen molar-refractivity contribution in [2.24, 2.45) is 0 Å². The van der Waals surface area contributed by atoms with Crippen molar-refractivity contribution in [1.82, 2.24) is 15.5 Å². The Bertz CT molecular complexity index is 311. The third kappa shape index (κ3) is 5.89. The smallest absolute Gasteiger partial charge is 0.332 e. The van der Waals surface area contributed by atoms with Gasteiger partial charge in [-0.1, -0.05) is 6.92 Å². The number of ether oxygens (including phenoxy) is 1. The summed E-state index contributed by atoms with van der Waals surface area (Å²) in [5.41, 5.74) is 0. The van der Waals surface area contributed by atoms with Crippen LogP contribution in [0, 0.1) is 0 Å². The van der Waals surface area contributed by atoms with Crippen molar-refractivity contribution in [3.05, 3.63) is 0 Å². The molecule has 2 unspecified atom stereocenters. The average molecular weight is 273 g/mol. The first kappa shape index (κ1) is 15.7. The summed E-state index contributed by atoms with van der Waals surface area (Å²) in [6, 6.07) is -0.244. The van der Waals surface area contributed by atoms with Crippen LogP contribution in [-0.4, -0.2) is 67.4 Å². The Morgan fingerprint density at radius 3 is 2.68 bits per heavy atom. The standard InChI is InChI=1S/C12H23N3O4/c1-3-15(2)7-6-13-12(18)14-8-9-4-5-10(19-9)11(16)17/h9-10H,3-8H2,1-2H3,(H,16,17)(H2,13,14,18). The number of nitrogens with one attached hydrogen (secondary N) is 2. The van der Waals surface area contributed by atoms with Crippen LogP contribution in [0.25, 0.3) is 0 Å². The molecule has 0 bridgehead atoms. The Balaban J connectivity index is 2.09. The Morgan fingerprint density at radius 1 is 1.37 bits per heavy atom. The van der Waals surface area contributed by atoms with E-state index in [-0.39, 0.29) is 12.1 Å². The fourth-order valence-electron chi connectivity index (χ4n) is 1.82. The minimum atomic E-state index is -0.936. The van der Waals surface area contributed by atoms with Gasteiger partial charge in [-0.2, -0.15) is 0 Å². The second-order valence-electron chi connectivity index (χ2n) is 4.70. The summed E-state index contributed by atoms with van der Waals surface area (Å²) >= 11 is 0. The minimum Gasteiger partial charge on any atom is -0.479 e. The molecule has 19 heavy (non-hydrogen) atoms. The highest BCUT2D eigenvalue weighted by Gasteiger charge is 2.30. The van der Waals surface area contributed by atoms with E-state index >= 15 is 0 Å². The van der Waals surface area contributed by atoms with E-state index in [1.54, 1.807) is 0 Å². The largest absolute Gasteiger partial charge is 0.479 e. The van der Waals surface area contributed by atoms with Crippen LogP contribution in [0.4, 0.5) is 4.79 Å². The zero-order valence-electron chi connectivity index (χ0n) is 11.5. The molecule has 2 amide bonds. The molecule has 0 aromatic heterocycles. The summed E-state index contributed by atoms with van der Waals surface area (Å²) in [5.74, 6) is -0.936. The molecule has 1 aliphatic rings. The fourth-order valence-corrected chi connectivity index (χ4v) is 1.82. The number of hydrogen-bond donors (Lipinski definition) is 3. The van der Waals surface area contributed by atoms with Crippen LogP contribution >= 0.6 is 0 Å². The van der Waals surface area contributed by atoms with Crippen molar-refractivity contribution in [3.8, 4) is 0 Å². The molecular formula is C12H23N3O4. The van der Waals surface area contributed by atoms with Crippen molar-refractivity contribution in [1.29, 1.82) is 0 Å². The third-order valence-corrected chi connectivity index (χ3v) is 3.19. The molecule has 0 radical (unpaired) electrons. The Morgan fingerprint density at radius 2 is 2.11 bits per heavy atom. The Kier molecular flexibility index (Phi) is 6.58. The number of amides is 2. The number of carboxylic acid groups (broad SMARTS) is 1. The van der Waals surface area contributed by atoms with Crippen LogP contribution in [0.5, 0.6) is 0 Å². The highest BCUT2D eigenvalue weighted by atomic mass is 16.5. The first-order valence-electron chi connectivity index (χ1n) is 6.61. The normalized spacial score (nSPS) is 22.5. The molecule has 1 heterocycles. The molecule has 0 aromatic carbocycles.